The van der Waals surface area contributed by atoms with Crippen molar-refractivity contribution in [1.29, 1.82) is 0 Å². The van der Waals surface area contributed by atoms with E-state index in [0.717, 1.165) is 19.1 Å². The van der Waals surface area contributed by atoms with Crippen LogP contribution in [0.3, 0.4) is 0 Å². The summed E-state index contributed by atoms with van der Waals surface area (Å²) in [4.78, 5) is 2.58. The fourth-order valence-corrected chi connectivity index (χ4v) is 2.64. The molecule has 3 unspecified atom stereocenters. The number of hydrogen-bond acceptors (Lipinski definition) is 3. The first-order valence-corrected chi connectivity index (χ1v) is 5.91. The summed E-state index contributed by atoms with van der Waals surface area (Å²) in [7, 11) is 0. The Morgan fingerprint density at radius 3 is 2.87 bits per heavy atom. The highest BCUT2D eigenvalue weighted by Gasteiger charge is 2.29. The van der Waals surface area contributed by atoms with Gasteiger partial charge in [-0.2, -0.15) is 0 Å². The van der Waals surface area contributed by atoms with Crippen LogP contribution in [0.15, 0.2) is 0 Å². The van der Waals surface area contributed by atoms with Crippen LogP contribution in [0.25, 0.3) is 0 Å². The standard InChI is InChI=1S/C11H22N2O.ClH/c1-3-13-6-4-5-10(13)7-11-12-9(2)8-14-11;/h9-12H,3-8H2,1-2H3;1H. The van der Waals surface area contributed by atoms with Crippen LogP contribution in [0.1, 0.15) is 33.1 Å². The van der Waals surface area contributed by atoms with Gasteiger partial charge in [0.05, 0.1) is 6.61 Å². The van der Waals surface area contributed by atoms with E-state index >= 15 is 0 Å². The quantitative estimate of drug-likeness (QED) is 0.803. The second-order valence-electron chi connectivity index (χ2n) is 4.55. The van der Waals surface area contributed by atoms with Crippen molar-refractivity contribution in [3.63, 3.8) is 0 Å². The van der Waals surface area contributed by atoms with Gasteiger partial charge in [0.1, 0.15) is 6.23 Å². The molecule has 0 saturated carbocycles. The number of likely N-dealkylation sites (tertiary alicyclic amines) is 1. The van der Waals surface area contributed by atoms with Crippen molar-refractivity contribution in [3.8, 4) is 0 Å². The summed E-state index contributed by atoms with van der Waals surface area (Å²) in [5, 5.41) is 3.48. The monoisotopic (exact) mass is 234 g/mol. The van der Waals surface area contributed by atoms with Crippen molar-refractivity contribution in [2.45, 2.75) is 51.4 Å². The molecule has 15 heavy (non-hydrogen) atoms. The van der Waals surface area contributed by atoms with E-state index in [1.165, 1.54) is 25.9 Å². The average molecular weight is 235 g/mol. The van der Waals surface area contributed by atoms with Crippen LogP contribution in [-0.2, 0) is 4.74 Å². The minimum absolute atomic E-state index is 0. The predicted octanol–water partition coefficient (Wildman–Crippen LogP) is 1.62. The van der Waals surface area contributed by atoms with Crippen molar-refractivity contribution in [2.75, 3.05) is 19.7 Å². The molecule has 3 atom stereocenters. The fourth-order valence-electron chi connectivity index (χ4n) is 2.64. The highest BCUT2D eigenvalue weighted by molar-refractivity contribution is 5.85. The second-order valence-corrected chi connectivity index (χ2v) is 4.55. The van der Waals surface area contributed by atoms with E-state index in [-0.39, 0.29) is 12.4 Å². The number of nitrogens with one attached hydrogen (secondary N) is 1. The van der Waals surface area contributed by atoms with Crippen LogP contribution in [0.4, 0.5) is 0 Å². The molecule has 0 bridgehead atoms. The summed E-state index contributed by atoms with van der Waals surface area (Å²) in [5.74, 6) is 0. The maximum Gasteiger partial charge on any atom is 0.109 e. The number of halogens is 1. The summed E-state index contributed by atoms with van der Waals surface area (Å²) >= 11 is 0. The molecule has 0 spiro atoms. The van der Waals surface area contributed by atoms with E-state index < -0.39 is 0 Å². The lowest BCUT2D eigenvalue weighted by Crippen LogP contribution is -2.37. The van der Waals surface area contributed by atoms with Crippen LogP contribution in [0.5, 0.6) is 0 Å². The lowest BCUT2D eigenvalue weighted by molar-refractivity contribution is 0.0700. The Kier molecular flexibility index (Phi) is 5.33. The first-order chi connectivity index (χ1) is 6.79. The third-order valence-electron chi connectivity index (χ3n) is 3.41. The zero-order valence-corrected chi connectivity index (χ0v) is 10.6. The molecule has 2 aliphatic rings. The Balaban J connectivity index is 0.00000112. The highest BCUT2D eigenvalue weighted by atomic mass is 35.5. The smallest absolute Gasteiger partial charge is 0.109 e. The first-order valence-electron chi connectivity index (χ1n) is 5.91. The number of hydrogen-bond donors (Lipinski definition) is 1. The fraction of sp³-hybridized carbons (Fsp3) is 1.00. The van der Waals surface area contributed by atoms with E-state index in [1.54, 1.807) is 0 Å². The lowest BCUT2D eigenvalue weighted by atomic mass is 10.1. The van der Waals surface area contributed by atoms with E-state index in [9.17, 15) is 0 Å². The second kappa shape index (κ2) is 6.04. The van der Waals surface area contributed by atoms with Crippen LogP contribution in [0, 0.1) is 0 Å². The van der Waals surface area contributed by atoms with Gasteiger partial charge >= 0.3 is 0 Å². The van der Waals surface area contributed by atoms with Gasteiger partial charge < -0.3 is 9.64 Å². The Morgan fingerprint density at radius 2 is 2.27 bits per heavy atom. The summed E-state index contributed by atoms with van der Waals surface area (Å²) in [5.41, 5.74) is 0. The largest absolute Gasteiger partial charge is 0.362 e. The molecule has 0 aromatic carbocycles. The Hall–Kier alpha value is 0.170. The van der Waals surface area contributed by atoms with E-state index in [2.05, 4.69) is 24.1 Å². The van der Waals surface area contributed by atoms with E-state index in [4.69, 9.17) is 4.74 Å². The van der Waals surface area contributed by atoms with Gasteiger partial charge in [-0.25, -0.2) is 0 Å². The molecule has 2 aliphatic heterocycles. The molecule has 2 heterocycles. The molecule has 0 aromatic rings. The van der Waals surface area contributed by atoms with E-state index in [1.807, 2.05) is 0 Å². The highest BCUT2D eigenvalue weighted by Crippen LogP contribution is 2.22. The third kappa shape index (κ3) is 3.31. The van der Waals surface area contributed by atoms with Gasteiger partial charge in [-0.1, -0.05) is 6.92 Å². The van der Waals surface area contributed by atoms with Crippen molar-refractivity contribution in [1.82, 2.24) is 10.2 Å². The molecule has 1 N–H and O–H groups in total. The Morgan fingerprint density at radius 1 is 1.47 bits per heavy atom. The van der Waals surface area contributed by atoms with Gasteiger partial charge in [0.25, 0.3) is 0 Å². The van der Waals surface area contributed by atoms with Crippen LogP contribution >= 0.6 is 12.4 Å². The van der Waals surface area contributed by atoms with Gasteiger partial charge in [-0.15, -0.1) is 12.4 Å². The normalized spacial score (nSPS) is 36.8. The maximum absolute atomic E-state index is 5.68. The molecule has 0 aliphatic carbocycles. The lowest BCUT2D eigenvalue weighted by Gasteiger charge is -2.25. The molecular formula is C11H23ClN2O. The van der Waals surface area contributed by atoms with Crippen molar-refractivity contribution >= 4 is 12.4 Å². The predicted molar refractivity (Wildman–Crippen MR) is 64.5 cm³/mol. The Labute approximate surface area is 99.0 Å². The number of ether oxygens (including phenoxy) is 1. The van der Waals surface area contributed by atoms with Gasteiger partial charge in [-0.05, 0) is 32.9 Å². The maximum atomic E-state index is 5.68. The number of rotatable bonds is 3. The number of nitrogens with zero attached hydrogens (tertiary/aromatic N) is 1. The SMILES string of the molecule is CCN1CCCC1CC1NC(C)CO1.Cl. The molecule has 0 amide bonds. The van der Waals surface area contributed by atoms with Gasteiger partial charge in [-0.3, -0.25) is 5.32 Å². The average Bonchev–Trinajstić information content (AvgIpc) is 2.76. The molecule has 2 fully saturated rings. The van der Waals surface area contributed by atoms with Gasteiger partial charge in [0.2, 0.25) is 0 Å². The molecule has 2 rings (SSSR count). The molecule has 0 aromatic heterocycles. The topological polar surface area (TPSA) is 24.5 Å². The zero-order valence-electron chi connectivity index (χ0n) is 9.74. The van der Waals surface area contributed by atoms with E-state index in [0.29, 0.717) is 12.3 Å². The summed E-state index contributed by atoms with van der Waals surface area (Å²) in [6.07, 6.45) is 4.19. The summed E-state index contributed by atoms with van der Waals surface area (Å²) in [6.45, 7) is 7.79. The molecule has 4 heteroatoms. The molecule has 0 radical (unpaired) electrons. The van der Waals surface area contributed by atoms with Crippen molar-refractivity contribution in [3.05, 3.63) is 0 Å². The molecule has 2 saturated heterocycles. The third-order valence-corrected chi connectivity index (χ3v) is 3.41. The van der Waals surface area contributed by atoms with Gasteiger partial charge in [0.15, 0.2) is 0 Å². The van der Waals surface area contributed by atoms with Gasteiger partial charge in [0, 0.05) is 18.5 Å². The van der Waals surface area contributed by atoms with Crippen LogP contribution in [-0.4, -0.2) is 42.9 Å². The minimum atomic E-state index is 0. The summed E-state index contributed by atoms with van der Waals surface area (Å²) < 4.78 is 5.68. The first kappa shape index (κ1) is 13.2. The minimum Gasteiger partial charge on any atom is -0.362 e. The van der Waals surface area contributed by atoms with Crippen LogP contribution < -0.4 is 5.32 Å². The van der Waals surface area contributed by atoms with Crippen LogP contribution in [0.2, 0.25) is 0 Å². The summed E-state index contributed by atoms with van der Waals surface area (Å²) in [6, 6.07) is 1.29. The van der Waals surface area contributed by atoms with Crippen molar-refractivity contribution < 1.29 is 4.74 Å². The molecule has 3 nitrogen and oxygen atoms in total. The zero-order chi connectivity index (χ0) is 9.97. The van der Waals surface area contributed by atoms with Crippen molar-refractivity contribution in [2.24, 2.45) is 0 Å². The molecular weight excluding hydrogens is 212 g/mol. The Bertz CT molecular complexity index is 191. The molecule has 90 valence electrons.